The Hall–Kier alpha value is -2.12. The molecular weight excluding hydrogens is 334 g/mol. The van der Waals surface area contributed by atoms with Crippen molar-refractivity contribution in [3.05, 3.63) is 65.3 Å². The fourth-order valence-electron chi connectivity index (χ4n) is 2.44. The highest BCUT2D eigenvalue weighted by Crippen LogP contribution is 2.19. The molecule has 0 unspecified atom stereocenters. The van der Waals surface area contributed by atoms with Crippen molar-refractivity contribution in [3.8, 4) is 23.1 Å². The van der Waals surface area contributed by atoms with Gasteiger partial charge in [0.05, 0.1) is 18.9 Å². The summed E-state index contributed by atoms with van der Waals surface area (Å²) in [5.74, 6) is 6.38. The Kier molecular flexibility index (Phi) is 6.25. The maximum absolute atomic E-state index is 5.91. The summed E-state index contributed by atoms with van der Waals surface area (Å²) in [6.07, 6.45) is 6.59. The van der Waals surface area contributed by atoms with E-state index < -0.39 is 6.29 Å². The molecule has 1 aliphatic rings. The molecule has 4 heteroatoms. The molecule has 0 amide bonds. The first-order valence-electron chi connectivity index (χ1n) is 8.38. The first kappa shape index (κ1) is 17.7. The van der Waals surface area contributed by atoms with Gasteiger partial charge in [0.15, 0.2) is 0 Å². The highest BCUT2D eigenvalue weighted by molar-refractivity contribution is 6.30. The average molecular weight is 354 g/mol. The van der Waals surface area contributed by atoms with Gasteiger partial charge in [0.1, 0.15) is 0 Å². The van der Waals surface area contributed by atoms with Gasteiger partial charge in [-0.3, -0.25) is 4.98 Å². The van der Waals surface area contributed by atoms with E-state index in [1.807, 2.05) is 36.4 Å². The van der Waals surface area contributed by atoms with E-state index in [4.69, 9.17) is 21.1 Å². The smallest absolute Gasteiger partial charge is 0.222 e. The number of benzene rings is 1. The SMILES string of the molecule is CC/C=C/[C@H]1CO[C@H](C#Cc2ccc(-c3ccc(Cl)cc3)nc2)OC1. The fourth-order valence-corrected chi connectivity index (χ4v) is 2.57. The monoisotopic (exact) mass is 353 g/mol. The molecule has 1 aromatic carbocycles. The van der Waals surface area contributed by atoms with Crippen LogP contribution in [0.4, 0.5) is 0 Å². The molecule has 3 rings (SSSR count). The lowest BCUT2D eigenvalue weighted by molar-refractivity contribution is -0.160. The number of hydrogen-bond acceptors (Lipinski definition) is 3. The van der Waals surface area contributed by atoms with Crippen LogP contribution >= 0.6 is 11.6 Å². The minimum absolute atomic E-state index is 0.318. The van der Waals surface area contributed by atoms with Crippen molar-refractivity contribution in [3.63, 3.8) is 0 Å². The van der Waals surface area contributed by atoms with Gasteiger partial charge in [-0.1, -0.05) is 48.7 Å². The van der Waals surface area contributed by atoms with Crippen LogP contribution in [0.1, 0.15) is 18.9 Å². The fraction of sp³-hybridized carbons (Fsp3) is 0.286. The number of halogens is 1. The maximum Gasteiger partial charge on any atom is 0.222 e. The van der Waals surface area contributed by atoms with Crippen molar-refractivity contribution < 1.29 is 9.47 Å². The second-order valence-corrected chi connectivity index (χ2v) is 6.24. The Morgan fingerprint density at radius 3 is 2.56 bits per heavy atom. The number of nitrogens with zero attached hydrogens (tertiary/aromatic N) is 1. The zero-order valence-corrected chi connectivity index (χ0v) is 14.9. The number of pyridine rings is 1. The summed E-state index contributed by atoms with van der Waals surface area (Å²) in [5, 5.41) is 0.714. The molecule has 1 saturated heterocycles. The Morgan fingerprint density at radius 1 is 1.16 bits per heavy atom. The molecule has 0 atom stereocenters. The van der Waals surface area contributed by atoms with E-state index >= 15 is 0 Å². The lowest BCUT2D eigenvalue weighted by Crippen LogP contribution is -2.30. The second-order valence-electron chi connectivity index (χ2n) is 5.80. The van der Waals surface area contributed by atoms with Crippen LogP contribution in [-0.2, 0) is 9.47 Å². The highest BCUT2D eigenvalue weighted by atomic mass is 35.5. The molecule has 1 aliphatic heterocycles. The number of aromatic nitrogens is 1. The summed E-state index contributed by atoms with van der Waals surface area (Å²) in [6.45, 7) is 3.40. The summed E-state index contributed by atoms with van der Waals surface area (Å²) in [5.41, 5.74) is 2.74. The van der Waals surface area contributed by atoms with Gasteiger partial charge in [-0.2, -0.15) is 0 Å². The predicted molar refractivity (Wildman–Crippen MR) is 100 cm³/mol. The molecule has 0 radical (unpaired) electrons. The van der Waals surface area contributed by atoms with Gasteiger partial charge in [-0.05, 0) is 36.6 Å². The van der Waals surface area contributed by atoms with Gasteiger partial charge in [-0.25, -0.2) is 0 Å². The Balaban J connectivity index is 1.58. The molecular formula is C21H20ClNO2. The van der Waals surface area contributed by atoms with Gasteiger partial charge < -0.3 is 9.47 Å². The van der Waals surface area contributed by atoms with Crippen molar-refractivity contribution in [2.45, 2.75) is 19.6 Å². The average Bonchev–Trinajstić information content (AvgIpc) is 2.67. The minimum Gasteiger partial charge on any atom is -0.341 e. The molecule has 1 fully saturated rings. The van der Waals surface area contributed by atoms with Gasteiger partial charge in [0.2, 0.25) is 6.29 Å². The third-order valence-corrected chi connectivity index (χ3v) is 4.06. The van der Waals surface area contributed by atoms with E-state index in [-0.39, 0.29) is 0 Å². The Bertz CT molecular complexity index is 764. The van der Waals surface area contributed by atoms with Gasteiger partial charge >= 0.3 is 0 Å². The Labute approximate surface area is 153 Å². The summed E-state index contributed by atoms with van der Waals surface area (Å²) in [6, 6.07) is 11.5. The quantitative estimate of drug-likeness (QED) is 0.591. The molecule has 3 nitrogen and oxygen atoms in total. The van der Waals surface area contributed by atoms with Gasteiger partial charge in [-0.15, -0.1) is 0 Å². The van der Waals surface area contributed by atoms with E-state index in [1.54, 1.807) is 6.20 Å². The van der Waals surface area contributed by atoms with Crippen molar-refractivity contribution in [1.82, 2.24) is 4.98 Å². The molecule has 0 aliphatic carbocycles. The van der Waals surface area contributed by atoms with Crippen LogP contribution in [0.3, 0.4) is 0 Å². The predicted octanol–water partition coefficient (Wildman–Crippen LogP) is 4.71. The number of rotatable bonds is 3. The standard InChI is InChI=1S/C21H20ClNO2/c1-2-3-4-17-14-24-21(25-15-17)12-6-16-5-11-20(23-13-16)18-7-9-19(22)10-8-18/h3-5,7-11,13,17,21H,2,14-15H2,1H3/b4-3+/t17-,21-. The van der Waals surface area contributed by atoms with E-state index in [0.29, 0.717) is 24.2 Å². The normalized spacial score (nSPS) is 20.2. The largest absolute Gasteiger partial charge is 0.341 e. The molecule has 2 heterocycles. The summed E-state index contributed by atoms with van der Waals surface area (Å²) < 4.78 is 11.3. The Morgan fingerprint density at radius 2 is 1.92 bits per heavy atom. The van der Waals surface area contributed by atoms with E-state index in [2.05, 4.69) is 35.9 Å². The first-order chi connectivity index (χ1) is 12.2. The molecule has 0 spiro atoms. The van der Waals surface area contributed by atoms with E-state index in [0.717, 1.165) is 23.2 Å². The summed E-state index contributed by atoms with van der Waals surface area (Å²) in [7, 11) is 0. The van der Waals surface area contributed by atoms with Gasteiger partial charge in [0, 0.05) is 28.3 Å². The first-order valence-corrected chi connectivity index (χ1v) is 8.76. The molecule has 0 saturated carbocycles. The van der Waals surface area contributed by atoms with Crippen LogP contribution in [0.15, 0.2) is 54.7 Å². The third-order valence-electron chi connectivity index (χ3n) is 3.81. The molecule has 0 N–H and O–H groups in total. The van der Waals surface area contributed by atoms with Crippen molar-refractivity contribution in [2.75, 3.05) is 13.2 Å². The number of allylic oxidation sites excluding steroid dienone is 1. The molecule has 2 aromatic rings. The summed E-state index contributed by atoms with van der Waals surface area (Å²) >= 11 is 5.91. The van der Waals surface area contributed by atoms with E-state index in [1.165, 1.54) is 0 Å². The zero-order valence-electron chi connectivity index (χ0n) is 14.1. The van der Waals surface area contributed by atoms with E-state index in [9.17, 15) is 0 Å². The zero-order chi connectivity index (χ0) is 17.5. The third kappa shape index (κ3) is 5.17. The molecule has 0 bridgehead atoms. The molecule has 128 valence electrons. The van der Waals surface area contributed by atoms with Crippen LogP contribution in [0, 0.1) is 17.8 Å². The maximum atomic E-state index is 5.91. The number of ether oxygens (including phenoxy) is 2. The molecule has 25 heavy (non-hydrogen) atoms. The highest BCUT2D eigenvalue weighted by Gasteiger charge is 2.18. The second kappa shape index (κ2) is 8.82. The topological polar surface area (TPSA) is 31.4 Å². The van der Waals surface area contributed by atoms with Crippen LogP contribution in [0.2, 0.25) is 5.02 Å². The van der Waals surface area contributed by atoms with Crippen molar-refractivity contribution in [1.29, 1.82) is 0 Å². The molecule has 1 aromatic heterocycles. The van der Waals surface area contributed by atoms with Crippen LogP contribution in [0.25, 0.3) is 11.3 Å². The van der Waals surface area contributed by atoms with Crippen LogP contribution in [0.5, 0.6) is 0 Å². The summed E-state index contributed by atoms with van der Waals surface area (Å²) in [4.78, 5) is 4.45. The lowest BCUT2D eigenvalue weighted by atomic mass is 10.1. The van der Waals surface area contributed by atoms with Crippen molar-refractivity contribution >= 4 is 11.6 Å². The lowest BCUT2D eigenvalue weighted by Gasteiger charge is -2.24. The van der Waals surface area contributed by atoms with Crippen LogP contribution < -0.4 is 0 Å². The van der Waals surface area contributed by atoms with Crippen LogP contribution in [-0.4, -0.2) is 24.5 Å². The van der Waals surface area contributed by atoms with Gasteiger partial charge in [0.25, 0.3) is 0 Å². The number of hydrogen-bond donors (Lipinski definition) is 0. The minimum atomic E-state index is -0.470. The van der Waals surface area contributed by atoms with Crippen molar-refractivity contribution in [2.24, 2.45) is 5.92 Å².